The van der Waals surface area contributed by atoms with Crippen molar-refractivity contribution < 1.29 is 9.50 Å². The van der Waals surface area contributed by atoms with Gasteiger partial charge >= 0.3 is 0 Å². The smallest absolute Gasteiger partial charge is 0.151 e. The highest BCUT2D eigenvalue weighted by molar-refractivity contribution is 5.67. The largest absolute Gasteiger partial charge is 0.507 e. The third kappa shape index (κ3) is 3.80. The normalized spacial score (nSPS) is 19.3. The summed E-state index contributed by atoms with van der Waals surface area (Å²) in [7, 11) is 2.02. The molecule has 1 aliphatic rings. The van der Waals surface area contributed by atoms with Gasteiger partial charge in [0, 0.05) is 24.2 Å². The molecular formula is C20H27FN4O. The Morgan fingerprint density at radius 2 is 1.73 bits per heavy atom. The number of nitrogens with one attached hydrogen (secondary N) is 1. The first-order valence-electron chi connectivity index (χ1n) is 8.92. The van der Waals surface area contributed by atoms with E-state index >= 15 is 0 Å². The fourth-order valence-corrected chi connectivity index (χ4v) is 4.14. The molecular weight excluding hydrogens is 331 g/mol. The van der Waals surface area contributed by atoms with Crippen LogP contribution in [0.3, 0.4) is 0 Å². The Kier molecular flexibility index (Phi) is 4.65. The van der Waals surface area contributed by atoms with Crippen LogP contribution in [0.15, 0.2) is 30.3 Å². The van der Waals surface area contributed by atoms with Gasteiger partial charge in [-0.1, -0.05) is 6.07 Å². The van der Waals surface area contributed by atoms with Gasteiger partial charge in [0.05, 0.1) is 11.3 Å². The van der Waals surface area contributed by atoms with E-state index in [2.05, 4.69) is 48.1 Å². The number of piperidine rings is 1. The molecule has 1 fully saturated rings. The van der Waals surface area contributed by atoms with E-state index in [1.54, 1.807) is 6.07 Å². The molecule has 0 atom stereocenters. The average molecular weight is 358 g/mol. The molecule has 0 radical (unpaired) electrons. The van der Waals surface area contributed by atoms with E-state index in [9.17, 15) is 9.50 Å². The van der Waals surface area contributed by atoms with Crippen LogP contribution < -0.4 is 10.2 Å². The molecule has 0 unspecified atom stereocenters. The number of phenolic OH excluding ortho intramolecular Hbond substituents is 1. The van der Waals surface area contributed by atoms with Crippen molar-refractivity contribution in [1.29, 1.82) is 0 Å². The first-order valence-corrected chi connectivity index (χ1v) is 8.92. The van der Waals surface area contributed by atoms with Crippen molar-refractivity contribution in [3.05, 3.63) is 36.1 Å². The highest BCUT2D eigenvalue weighted by Crippen LogP contribution is 2.34. The number of hydrogen-bond acceptors (Lipinski definition) is 5. The van der Waals surface area contributed by atoms with Gasteiger partial charge in [-0.3, -0.25) is 0 Å². The van der Waals surface area contributed by atoms with Crippen LogP contribution in [0.4, 0.5) is 10.2 Å². The lowest BCUT2D eigenvalue weighted by atomic mass is 9.79. The van der Waals surface area contributed by atoms with Gasteiger partial charge in [0.15, 0.2) is 5.82 Å². The summed E-state index contributed by atoms with van der Waals surface area (Å²) >= 11 is 0. The zero-order valence-electron chi connectivity index (χ0n) is 16.0. The minimum absolute atomic E-state index is 0.0347. The number of aromatic nitrogens is 2. The maximum absolute atomic E-state index is 14.0. The van der Waals surface area contributed by atoms with Gasteiger partial charge in [0.25, 0.3) is 0 Å². The highest BCUT2D eigenvalue weighted by Gasteiger charge is 2.39. The average Bonchev–Trinajstić information content (AvgIpc) is 2.52. The van der Waals surface area contributed by atoms with Crippen molar-refractivity contribution in [3.8, 4) is 17.0 Å². The molecule has 0 bridgehead atoms. The molecule has 2 N–H and O–H groups in total. The molecule has 0 spiro atoms. The molecule has 1 aliphatic heterocycles. The van der Waals surface area contributed by atoms with Crippen molar-refractivity contribution in [2.45, 2.75) is 57.7 Å². The summed E-state index contributed by atoms with van der Waals surface area (Å²) in [6, 6.07) is 8.06. The number of anilines is 1. The maximum Gasteiger partial charge on any atom is 0.151 e. The van der Waals surface area contributed by atoms with Gasteiger partial charge < -0.3 is 15.3 Å². The Labute approximate surface area is 154 Å². The standard InChI is InChI=1S/C20H27FN4O/c1-19(2)11-13(12-20(3,4)24-19)25(5)17-10-9-15(22-23-17)18-14(21)7-6-8-16(18)26/h6-10,13,24,26H,11-12H2,1-5H3. The van der Waals surface area contributed by atoms with Gasteiger partial charge in [-0.05, 0) is 64.8 Å². The number of benzene rings is 1. The van der Waals surface area contributed by atoms with Crippen LogP contribution in [0.2, 0.25) is 0 Å². The van der Waals surface area contributed by atoms with Crippen LogP contribution in [0.25, 0.3) is 11.3 Å². The Balaban J connectivity index is 1.84. The molecule has 2 heterocycles. The van der Waals surface area contributed by atoms with Crippen LogP contribution in [-0.2, 0) is 0 Å². The summed E-state index contributed by atoms with van der Waals surface area (Å²) in [6.45, 7) is 8.85. The number of phenols is 1. The monoisotopic (exact) mass is 358 g/mol. The second-order valence-corrected chi connectivity index (χ2v) is 8.48. The SMILES string of the molecule is CN(c1ccc(-c2c(O)cccc2F)nn1)C1CC(C)(C)NC(C)(C)C1. The van der Waals surface area contributed by atoms with Crippen LogP contribution in [0, 0.1) is 5.82 Å². The van der Waals surface area contributed by atoms with E-state index in [-0.39, 0.29) is 22.4 Å². The van der Waals surface area contributed by atoms with Crippen LogP contribution >= 0.6 is 0 Å². The van der Waals surface area contributed by atoms with Crippen molar-refractivity contribution in [2.24, 2.45) is 0 Å². The molecule has 2 aromatic rings. The molecule has 6 heteroatoms. The summed E-state index contributed by atoms with van der Waals surface area (Å²) in [5.74, 6) is 0.0904. The molecule has 140 valence electrons. The molecule has 3 rings (SSSR count). The van der Waals surface area contributed by atoms with Crippen molar-refractivity contribution in [1.82, 2.24) is 15.5 Å². The Morgan fingerprint density at radius 1 is 1.08 bits per heavy atom. The predicted molar refractivity (Wildman–Crippen MR) is 102 cm³/mol. The molecule has 5 nitrogen and oxygen atoms in total. The Morgan fingerprint density at radius 3 is 2.27 bits per heavy atom. The molecule has 0 aliphatic carbocycles. The summed E-state index contributed by atoms with van der Waals surface area (Å²) in [5, 5.41) is 22.0. The molecule has 1 aromatic carbocycles. The summed E-state index contributed by atoms with van der Waals surface area (Å²) in [5.41, 5.74) is 0.474. The van der Waals surface area contributed by atoms with Gasteiger partial charge in [-0.15, -0.1) is 10.2 Å². The quantitative estimate of drug-likeness (QED) is 0.875. The lowest BCUT2D eigenvalue weighted by Crippen LogP contribution is -2.62. The number of rotatable bonds is 3. The molecule has 1 saturated heterocycles. The van der Waals surface area contributed by atoms with Crippen molar-refractivity contribution in [2.75, 3.05) is 11.9 Å². The Hall–Kier alpha value is -2.21. The number of hydrogen-bond donors (Lipinski definition) is 2. The van der Waals surface area contributed by atoms with Gasteiger partial charge in [0.1, 0.15) is 11.6 Å². The minimum Gasteiger partial charge on any atom is -0.507 e. The molecule has 26 heavy (non-hydrogen) atoms. The lowest BCUT2D eigenvalue weighted by molar-refractivity contribution is 0.160. The lowest BCUT2D eigenvalue weighted by Gasteiger charge is -2.49. The van der Waals surface area contributed by atoms with Gasteiger partial charge in [-0.2, -0.15) is 0 Å². The van der Waals surface area contributed by atoms with Crippen LogP contribution in [-0.4, -0.2) is 39.5 Å². The number of halogens is 1. The van der Waals surface area contributed by atoms with E-state index in [1.807, 2.05) is 13.1 Å². The van der Waals surface area contributed by atoms with E-state index in [4.69, 9.17) is 0 Å². The highest BCUT2D eigenvalue weighted by atomic mass is 19.1. The van der Waals surface area contributed by atoms with Crippen molar-refractivity contribution in [3.63, 3.8) is 0 Å². The number of nitrogens with zero attached hydrogens (tertiary/aromatic N) is 3. The first kappa shape index (κ1) is 18.6. The second kappa shape index (κ2) is 6.50. The van der Waals surface area contributed by atoms with E-state index in [1.165, 1.54) is 18.2 Å². The summed E-state index contributed by atoms with van der Waals surface area (Å²) in [4.78, 5) is 2.14. The van der Waals surface area contributed by atoms with Crippen LogP contribution in [0.1, 0.15) is 40.5 Å². The van der Waals surface area contributed by atoms with E-state index < -0.39 is 5.82 Å². The molecule has 0 amide bonds. The second-order valence-electron chi connectivity index (χ2n) is 8.48. The van der Waals surface area contributed by atoms with Gasteiger partial charge in [-0.25, -0.2) is 4.39 Å². The number of aromatic hydroxyl groups is 1. The fraction of sp³-hybridized carbons (Fsp3) is 0.500. The van der Waals surface area contributed by atoms with Crippen LogP contribution in [0.5, 0.6) is 5.75 Å². The zero-order valence-corrected chi connectivity index (χ0v) is 16.0. The van der Waals surface area contributed by atoms with Crippen molar-refractivity contribution >= 4 is 5.82 Å². The fourth-order valence-electron chi connectivity index (χ4n) is 4.14. The Bertz CT molecular complexity index is 753. The minimum atomic E-state index is -0.512. The van der Waals surface area contributed by atoms with Gasteiger partial charge in [0.2, 0.25) is 0 Å². The van der Waals surface area contributed by atoms with E-state index in [0.717, 1.165) is 18.7 Å². The predicted octanol–water partition coefficient (Wildman–Crippen LogP) is 3.73. The molecule has 1 aromatic heterocycles. The summed E-state index contributed by atoms with van der Waals surface area (Å²) < 4.78 is 14.0. The third-order valence-electron chi connectivity index (χ3n) is 4.98. The summed E-state index contributed by atoms with van der Waals surface area (Å²) in [6.07, 6.45) is 1.98. The topological polar surface area (TPSA) is 61.3 Å². The maximum atomic E-state index is 14.0. The molecule has 0 saturated carbocycles. The van der Waals surface area contributed by atoms with E-state index in [0.29, 0.717) is 11.7 Å². The first-order chi connectivity index (χ1) is 12.1. The third-order valence-corrected chi connectivity index (χ3v) is 4.98. The zero-order chi connectivity index (χ0) is 19.1.